The quantitative estimate of drug-likeness (QED) is 0.617. The number of hydrogen-bond donors (Lipinski definition) is 2. The summed E-state index contributed by atoms with van der Waals surface area (Å²) in [6.45, 7) is 5.01. The molecule has 0 aromatic heterocycles. The molecule has 8 heteroatoms. The van der Waals surface area contributed by atoms with Gasteiger partial charge in [-0.25, -0.2) is 13.1 Å². The summed E-state index contributed by atoms with van der Waals surface area (Å²) < 4.78 is 38.0. The summed E-state index contributed by atoms with van der Waals surface area (Å²) in [7, 11) is -2.01. The predicted octanol–water partition coefficient (Wildman–Crippen LogP) is 1.93. The number of ether oxygens (including phenoxy) is 2. The molecule has 3 N–H and O–H groups in total. The summed E-state index contributed by atoms with van der Waals surface area (Å²) in [5, 5.41) is 0. The van der Waals surface area contributed by atoms with Crippen LogP contribution in [0, 0.1) is 0 Å². The van der Waals surface area contributed by atoms with Crippen molar-refractivity contribution in [1.82, 2.24) is 4.72 Å². The fourth-order valence-corrected chi connectivity index (χ4v) is 3.58. The van der Waals surface area contributed by atoms with Crippen molar-refractivity contribution < 1.29 is 17.9 Å². The van der Waals surface area contributed by atoms with Crippen molar-refractivity contribution in [3.05, 3.63) is 24.3 Å². The molecule has 0 aliphatic heterocycles. The predicted molar refractivity (Wildman–Crippen MR) is 93.7 cm³/mol. The molecule has 0 spiro atoms. The second kappa shape index (κ2) is 10.1. The van der Waals surface area contributed by atoms with E-state index in [2.05, 4.69) is 4.72 Å². The Morgan fingerprint density at radius 1 is 1.13 bits per heavy atom. The van der Waals surface area contributed by atoms with Crippen LogP contribution in [-0.2, 0) is 14.8 Å². The second-order valence-corrected chi connectivity index (χ2v) is 6.79. The maximum atomic E-state index is 12.5. The summed E-state index contributed by atoms with van der Waals surface area (Å²) >= 11 is 0. The van der Waals surface area contributed by atoms with Crippen molar-refractivity contribution >= 4 is 22.4 Å². The molecule has 1 aromatic rings. The smallest absolute Gasteiger partial charge is 0.241 e. The largest absolute Gasteiger partial charge is 0.491 e. The van der Waals surface area contributed by atoms with Crippen molar-refractivity contribution in [3.8, 4) is 5.75 Å². The van der Waals surface area contributed by atoms with E-state index in [1.807, 2.05) is 13.8 Å². The molecule has 0 heterocycles. The van der Waals surface area contributed by atoms with Gasteiger partial charge in [0, 0.05) is 19.2 Å². The van der Waals surface area contributed by atoms with Crippen molar-refractivity contribution in [2.24, 2.45) is 5.73 Å². The van der Waals surface area contributed by atoms with Gasteiger partial charge in [0.1, 0.15) is 12.4 Å². The maximum absolute atomic E-state index is 12.5. The molecular weight excluding hydrogens is 340 g/mol. The molecule has 1 rings (SSSR count). The van der Waals surface area contributed by atoms with Gasteiger partial charge in [0.05, 0.1) is 11.5 Å². The lowest BCUT2D eigenvalue weighted by molar-refractivity contribution is 0.146. The van der Waals surface area contributed by atoms with Crippen LogP contribution in [0.3, 0.4) is 0 Å². The molecule has 0 aliphatic rings. The Bertz CT molecular complexity index is 537. The number of nitrogens with two attached hydrogens (primary N) is 1. The highest BCUT2D eigenvalue weighted by Gasteiger charge is 2.30. The lowest BCUT2D eigenvalue weighted by Gasteiger charge is -2.31. The summed E-state index contributed by atoms with van der Waals surface area (Å²) in [6.07, 6.45) is 1.27. The van der Waals surface area contributed by atoms with Gasteiger partial charge >= 0.3 is 0 Å². The van der Waals surface area contributed by atoms with Crippen molar-refractivity contribution in [2.75, 3.05) is 26.9 Å². The molecule has 0 radical (unpaired) electrons. The first kappa shape index (κ1) is 22.1. The summed E-state index contributed by atoms with van der Waals surface area (Å²) in [5.74, 6) is 0.604. The third kappa shape index (κ3) is 6.27. The van der Waals surface area contributed by atoms with E-state index in [0.29, 0.717) is 31.8 Å². The van der Waals surface area contributed by atoms with Crippen LogP contribution < -0.4 is 15.2 Å². The Morgan fingerprint density at radius 3 is 2.13 bits per heavy atom. The standard InChI is InChI=1S/C15H26N2O4S.ClH/c1-4-15(5-2,12-16)17-22(18,19)14-8-6-13(7-9-14)21-11-10-20-3;/h6-9,17H,4-5,10-12,16H2,1-3H3;1H. The Labute approximate surface area is 145 Å². The van der Waals surface area contributed by atoms with Crippen molar-refractivity contribution in [2.45, 2.75) is 37.1 Å². The van der Waals surface area contributed by atoms with Gasteiger partial charge in [0.15, 0.2) is 0 Å². The maximum Gasteiger partial charge on any atom is 0.241 e. The van der Waals surface area contributed by atoms with Gasteiger partial charge in [-0.3, -0.25) is 0 Å². The number of hydrogen-bond acceptors (Lipinski definition) is 5. The third-order valence-electron chi connectivity index (χ3n) is 3.79. The third-order valence-corrected chi connectivity index (χ3v) is 5.38. The van der Waals surface area contributed by atoms with Crippen LogP contribution in [0.5, 0.6) is 5.75 Å². The molecule has 23 heavy (non-hydrogen) atoms. The van der Waals surface area contributed by atoms with Crippen molar-refractivity contribution in [1.29, 1.82) is 0 Å². The zero-order valence-electron chi connectivity index (χ0n) is 13.9. The Balaban J connectivity index is 0.00000484. The molecule has 0 aliphatic carbocycles. The monoisotopic (exact) mass is 366 g/mol. The van der Waals surface area contributed by atoms with E-state index in [1.165, 1.54) is 12.1 Å². The minimum Gasteiger partial charge on any atom is -0.491 e. The average Bonchev–Trinajstić information content (AvgIpc) is 2.53. The minimum absolute atomic E-state index is 0. The average molecular weight is 367 g/mol. The highest BCUT2D eigenvalue weighted by atomic mass is 35.5. The molecule has 0 atom stereocenters. The molecule has 0 saturated carbocycles. The van der Waals surface area contributed by atoms with E-state index in [-0.39, 0.29) is 23.8 Å². The molecule has 0 amide bonds. The zero-order chi connectivity index (χ0) is 16.6. The molecule has 0 bridgehead atoms. The van der Waals surface area contributed by atoms with Crippen LogP contribution in [0.2, 0.25) is 0 Å². The van der Waals surface area contributed by atoms with Gasteiger partial charge in [-0.1, -0.05) is 13.8 Å². The van der Waals surface area contributed by atoms with Gasteiger partial charge in [0.25, 0.3) is 0 Å². The minimum atomic E-state index is -3.61. The van der Waals surface area contributed by atoms with E-state index < -0.39 is 15.6 Å². The molecule has 0 fully saturated rings. The Kier molecular flexibility index (Phi) is 9.72. The van der Waals surface area contributed by atoms with Gasteiger partial charge in [-0.05, 0) is 37.1 Å². The van der Waals surface area contributed by atoms with Crippen LogP contribution in [0.1, 0.15) is 26.7 Å². The number of halogens is 1. The Morgan fingerprint density at radius 2 is 1.70 bits per heavy atom. The van der Waals surface area contributed by atoms with Crippen LogP contribution in [0.4, 0.5) is 0 Å². The highest BCUT2D eigenvalue weighted by Crippen LogP contribution is 2.20. The van der Waals surface area contributed by atoms with E-state index in [9.17, 15) is 8.42 Å². The number of nitrogens with one attached hydrogen (secondary N) is 1. The molecule has 6 nitrogen and oxygen atoms in total. The first-order chi connectivity index (χ1) is 10.4. The number of benzene rings is 1. The van der Waals surface area contributed by atoms with Crippen LogP contribution in [-0.4, -0.2) is 40.8 Å². The number of sulfonamides is 1. The lowest BCUT2D eigenvalue weighted by Crippen LogP contribution is -2.52. The zero-order valence-corrected chi connectivity index (χ0v) is 15.5. The second-order valence-electron chi connectivity index (χ2n) is 5.11. The van der Waals surface area contributed by atoms with E-state index in [0.717, 1.165) is 0 Å². The van der Waals surface area contributed by atoms with Crippen LogP contribution in [0.15, 0.2) is 29.2 Å². The van der Waals surface area contributed by atoms with E-state index in [1.54, 1.807) is 19.2 Å². The summed E-state index contributed by atoms with van der Waals surface area (Å²) in [6, 6.07) is 6.31. The van der Waals surface area contributed by atoms with Gasteiger partial charge in [-0.15, -0.1) is 12.4 Å². The molecule has 0 unspecified atom stereocenters. The van der Waals surface area contributed by atoms with E-state index >= 15 is 0 Å². The molecule has 0 saturated heterocycles. The van der Waals surface area contributed by atoms with Gasteiger partial charge in [-0.2, -0.15) is 0 Å². The van der Waals surface area contributed by atoms with E-state index in [4.69, 9.17) is 15.2 Å². The molecular formula is C15H27ClN2O4S. The lowest BCUT2D eigenvalue weighted by atomic mass is 9.95. The number of rotatable bonds is 10. The molecule has 1 aromatic carbocycles. The molecule has 134 valence electrons. The first-order valence-electron chi connectivity index (χ1n) is 7.39. The van der Waals surface area contributed by atoms with Crippen LogP contribution in [0.25, 0.3) is 0 Å². The fourth-order valence-electron chi connectivity index (χ4n) is 2.03. The van der Waals surface area contributed by atoms with Crippen LogP contribution >= 0.6 is 12.4 Å². The summed E-state index contributed by atoms with van der Waals surface area (Å²) in [4.78, 5) is 0.200. The van der Waals surface area contributed by atoms with Gasteiger partial charge < -0.3 is 15.2 Å². The SMILES string of the molecule is CCC(CC)(CN)NS(=O)(=O)c1ccc(OCCOC)cc1.Cl. The van der Waals surface area contributed by atoms with Crippen molar-refractivity contribution in [3.63, 3.8) is 0 Å². The number of methoxy groups -OCH3 is 1. The Hall–Kier alpha value is -0.860. The van der Waals surface area contributed by atoms with Gasteiger partial charge in [0.2, 0.25) is 10.0 Å². The highest BCUT2D eigenvalue weighted by molar-refractivity contribution is 7.89. The summed E-state index contributed by atoms with van der Waals surface area (Å²) in [5.41, 5.74) is 5.14. The normalized spacial score (nSPS) is 11.8. The first-order valence-corrected chi connectivity index (χ1v) is 8.87. The topological polar surface area (TPSA) is 90.7 Å². The fraction of sp³-hybridized carbons (Fsp3) is 0.600.